The first-order valence-corrected chi connectivity index (χ1v) is 8.13. The lowest BCUT2D eigenvalue weighted by atomic mass is 10.2. The van der Waals surface area contributed by atoms with Gasteiger partial charge in [0.25, 0.3) is 0 Å². The molecule has 24 heavy (non-hydrogen) atoms. The molecule has 1 N–H and O–H groups in total. The third-order valence-corrected chi connectivity index (χ3v) is 4.36. The molecule has 0 aliphatic carbocycles. The van der Waals surface area contributed by atoms with Crippen LogP contribution in [-0.2, 0) is 9.53 Å². The Morgan fingerprint density at radius 1 is 1.29 bits per heavy atom. The van der Waals surface area contributed by atoms with Gasteiger partial charge < -0.3 is 19.5 Å². The number of aromatic carboxylic acids is 1. The lowest BCUT2D eigenvalue weighted by molar-refractivity contribution is -0.121. The van der Waals surface area contributed by atoms with Crippen molar-refractivity contribution in [1.29, 1.82) is 0 Å². The SMILES string of the molecule is COc1cc(N2CCN(C(=O)OC(C)(C)C)CC2=O)sc1C(=O)O. The number of methoxy groups -OCH3 is 1. The third-order valence-electron chi connectivity index (χ3n) is 3.24. The lowest BCUT2D eigenvalue weighted by Crippen LogP contribution is -2.53. The Bertz CT molecular complexity index is 663. The Morgan fingerprint density at radius 3 is 2.42 bits per heavy atom. The van der Waals surface area contributed by atoms with E-state index in [1.54, 1.807) is 20.8 Å². The van der Waals surface area contributed by atoms with Gasteiger partial charge in [-0.05, 0) is 20.8 Å². The first kappa shape index (κ1) is 18.1. The summed E-state index contributed by atoms with van der Waals surface area (Å²) in [5, 5.41) is 9.64. The van der Waals surface area contributed by atoms with Gasteiger partial charge in [-0.1, -0.05) is 0 Å². The smallest absolute Gasteiger partial charge is 0.410 e. The lowest BCUT2D eigenvalue weighted by Gasteiger charge is -2.34. The maximum absolute atomic E-state index is 12.3. The molecule has 1 aromatic heterocycles. The van der Waals surface area contributed by atoms with Crippen LogP contribution in [0.25, 0.3) is 0 Å². The average molecular weight is 356 g/mol. The molecule has 1 fully saturated rings. The van der Waals surface area contributed by atoms with Crippen LogP contribution in [-0.4, -0.2) is 60.3 Å². The zero-order chi connectivity index (χ0) is 18.1. The summed E-state index contributed by atoms with van der Waals surface area (Å²) in [6.07, 6.45) is -0.537. The molecular formula is C15H20N2O6S. The van der Waals surface area contributed by atoms with Crippen molar-refractivity contribution in [1.82, 2.24) is 4.90 Å². The van der Waals surface area contributed by atoms with E-state index in [4.69, 9.17) is 14.6 Å². The van der Waals surface area contributed by atoms with Crippen LogP contribution in [0.15, 0.2) is 6.07 Å². The zero-order valence-electron chi connectivity index (χ0n) is 14.0. The summed E-state index contributed by atoms with van der Waals surface area (Å²) in [7, 11) is 1.38. The molecule has 2 amide bonds. The van der Waals surface area contributed by atoms with Gasteiger partial charge in [-0.3, -0.25) is 9.69 Å². The summed E-state index contributed by atoms with van der Waals surface area (Å²) < 4.78 is 10.3. The molecule has 9 heteroatoms. The van der Waals surface area contributed by atoms with Gasteiger partial charge >= 0.3 is 12.1 Å². The Kier molecular flexibility index (Phi) is 5.02. The highest BCUT2D eigenvalue weighted by atomic mass is 32.1. The molecule has 1 aliphatic rings. The topological polar surface area (TPSA) is 96.4 Å². The minimum absolute atomic E-state index is 0.0369. The number of thiophene rings is 1. The van der Waals surface area contributed by atoms with Crippen LogP contribution < -0.4 is 9.64 Å². The summed E-state index contributed by atoms with van der Waals surface area (Å²) in [6, 6.07) is 1.52. The number of piperazine rings is 1. The fraction of sp³-hybridized carbons (Fsp3) is 0.533. The van der Waals surface area contributed by atoms with Crippen molar-refractivity contribution >= 4 is 34.3 Å². The number of carboxylic acids is 1. The van der Waals surface area contributed by atoms with E-state index in [1.807, 2.05) is 0 Å². The van der Waals surface area contributed by atoms with Crippen molar-refractivity contribution in [2.24, 2.45) is 0 Å². The van der Waals surface area contributed by atoms with Gasteiger partial charge in [0.05, 0.1) is 7.11 Å². The number of nitrogens with zero attached hydrogens (tertiary/aromatic N) is 2. The molecular weight excluding hydrogens is 336 g/mol. The minimum atomic E-state index is -1.11. The van der Waals surface area contributed by atoms with Crippen LogP contribution in [0.5, 0.6) is 5.75 Å². The van der Waals surface area contributed by atoms with E-state index >= 15 is 0 Å². The maximum atomic E-state index is 12.3. The number of carbonyl (C=O) groups excluding carboxylic acids is 2. The number of amides is 2. The second-order valence-corrected chi connectivity index (χ2v) is 7.27. The molecule has 8 nitrogen and oxygen atoms in total. The molecule has 1 aliphatic heterocycles. The normalized spacial score (nSPS) is 15.4. The van der Waals surface area contributed by atoms with Gasteiger partial charge in [0, 0.05) is 19.2 Å². The molecule has 132 valence electrons. The van der Waals surface area contributed by atoms with Crippen LogP contribution >= 0.6 is 11.3 Å². The van der Waals surface area contributed by atoms with Crippen molar-refractivity contribution in [3.05, 3.63) is 10.9 Å². The zero-order valence-corrected chi connectivity index (χ0v) is 14.8. The number of rotatable bonds is 3. The molecule has 0 atom stereocenters. The second-order valence-electron chi connectivity index (χ2n) is 6.23. The number of hydrogen-bond acceptors (Lipinski definition) is 6. The predicted octanol–water partition coefficient (Wildman–Crippen LogP) is 2.04. The summed E-state index contributed by atoms with van der Waals surface area (Å²) in [4.78, 5) is 38.4. The molecule has 0 radical (unpaired) electrons. The summed E-state index contributed by atoms with van der Waals surface area (Å²) >= 11 is 0.968. The van der Waals surface area contributed by atoms with Gasteiger partial charge in [0.1, 0.15) is 22.9 Å². The Labute approximate surface area is 143 Å². The first-order chi connectivity index (χ1) is 11.1. The van der Waals surface area contributed by atoms with E-state index in [0.29, 0.717) is 11.5 Å². The molecule has 0 bridgehead atoms. The standard InChI is InChI=1S/C15H20N2O6S/c1-15(2,3)23-14(21)16-5-6-17(10(18)8-16)11-7-9(22-4)12(24-11)13(19)20/h7H,5-6,8H2,1-4H3,(H,19,20). The van der Waals surface area contributed by atoms with Crippen molar-refractivity contribution in [2.45, 2.75) is 26.4 Å². The van der Waals surface area contributed by atoms with Crippen LogP contribution in [0.2, 0.25) is 0 Å². The van der Waals surface area contributed by atoms with Crippen molar-refractivity contribution in [3.63, 3.8) is 0 Å². The van der Waals surface area contributed by atoms with E-state index < -0.39 is 17.7 Å². The summed E-state index contributed by atoms with van der Waals surface area (Å²) in [6.45, 7) is 5.73. The van der Waals surface area contributed by atoms with Gasteiger partial charge in [0.15, 0.2) is 4.88 Å². The molecule has 0 aromatic carbocycles. The fourth-order valence-corrected chi connectivity index (χ4v) is 3.19. The molecule has 2 heterocycles. The predicted molar refractivity (Wildman–Crippen MR) is 88.0 cm³/mol. The Morgan fingerprint density at radius 2 is 1.96 bits per heavy atom. The number of ether oxygens (including phenoxy) is 2. The number of carbonyl (C=O) groups is 3. The monoisotopic (exact) mass is 356 g/mol. The number of hydrogen-bond donors (Lipinski definition) is 1. The van der Waals surface area contributed by atoms with Crippen molar-refractivity contribution in [3.8, 4) is 5.75 Å². The molecule has 0 unspecified atom stereocenters. The quantitative estimate of drug-likeness (QED) is 0.890. The average Bonchev–Trinajstić information content (AvgIpc) is 2.89. The Hall–Kier alpha value is -2.29. The minimum Gasteiger partial charge on any atom is -0.495 e. The van der Waals surface area contributed by atoms with Crippen LogP contribution in [0.1, 0.15) is 30.4 Å². The van der Waals surface area contributed by atoms with Gasteiger partial charge in [-0.25, -0.2) is 9.59 Å². The van der Waals surface area contributed by atoms with Crippen LogP contribution in [0, 0.1) is 0 Å². The fourth-order valence-electron chi connectivity index (χ4n) is 2.18. The number of anilines is 1. The van der Waals surface area contributed by atoms with E-state index in [-0.39, 0.29) is 29.6 Å². The first-order valence-electron chi connectivity index (χ1n) is 7.32. The maximum Gasteiger partial charge on any atom is 0.410 e. The van der Waals surface area contributed by atoms with Gasteiger partial charge in [-0.2, -0.15) is 0 Å². The van der Waals surface area contributed by atoms with Gasteiger partial charge in [-0.15, -0.1) is 11.3 Å². The van der Waals surface area contributed by atoms with E-state index in [2.05, 4.69) is 0 Å². The van der Waals surface area contributed by atoms with Crippen LogP contribution in [0.4, 0.5) is 9.80 Å². The van der Waals surface area contributed by atoms with E-state index in [9.17, 15) is 14.4 Å². The van der Waals surface area contributed by atoms with Crippen molar-refractivity contribution < 1.29 is 29.0 Å². The summed E-state index contributed by atoms with van der Waals surface area (Å²) in [5.74, 6) is -1.19. The molecule has 1 aromatic rings. The molecule has 0 spiro atoms. The molecule has 1 saturated heterocycles. The number of carboxylic acid groups (broad SMARTS) is 1. The molecule has 0 saturated carbocycles. The highest BCUT2D eigenvalue weighted by Gasteiger charge is 2.32. The van der Waals surface area contributed by atoms with Crippen molar-refractivity contribution in [2.75, 3.05) is 31.6 Å². The highest BCUT2D eigenvalue weighted by Crippen LogP contribution is 2.36. The van der Waals surface area contributed by atoms with Gasteiger partial charge in [0.2, 0.25) is 5.91 Å². The van der Waals surface area contributed by atoms with E-state index in [1.165, 1.54) is 23.0 Å². The molecule has 2 rings (SSSR count). The third kappa shape index (κ3) is 3.97. The van der Waals surface area contributed by atoms with E-state index in [0.717, 1.165) is 11.3 Å². The highest BCUT2D eigenvalue weighted by molar-refractivity contribution is 7.18. The largest absolute Gasteiger partial charge is 0.495 e. The second kappa shape index (κ2) is 6.68. The summed E-state index contributed by atoms with van der Waals surface area (Å²) in [5.41, 5.74) is -0.630. The van der Waals surface area contributed by atoms with Crippen LogP contribution in [0.3, 0.4) is 0 Å². The Balaban J connectivity index is 2.10.